The van der Waals surface area contributed by atoms with Gasteiger partial charge in [0.05, 0.1) is 6.10 Å². The van der Waals surface area contributed by atoms with Crippen molar-refractivity contribution in [2.75, 3.05) is 13.1 Å². The van der Waals surface area contributed by atoms with Crippen LogP contribution in [-0.2, 0) is 0 Å². The maximum atomic E-state index is 10.1. The van der Waals surface area contributed by atoms with Crippen LogP contribution in [0.5, 0.6) is 0 Å². The van der Waals surface area contributed by atoms with Gasteiger partial charge >= 0.3 is 0 Å². The third-order valence-corrected chi connectivity index (χ3v) is 4.06. The third-order valence-electron chi connectivity index (χ3n) is 4.06. The molecule has 15 heavy (non-hydrogen) atoms. The quantitative estimate of drug-likeness (QED) is 0.719. The van der Waals surface area contributed by atoms with E-state index < -0.39 is 0 Å². The first-order valence-corrected chi connectivity index (χ1v) is 6.59. The Morgan fingerprint density at radius 3 is 2.20 bits per heavy atom. The molecule has 0 amide bonds. The SMILES string of the molecule is CC1CC(C)CN(C2CCCCC2O)C1. The molecule has 1 heterocycles. The minimum atomic E-state index is -0.0590. The molecule has 1 N–H and O–H groups in total. The van der Waals surface area contributed by atoms with Gasteiger partial charge in [-0.05, 0) is 31.1 Å². The predicted octanol–water partition coefficient (Wildman–Crippen LogP) is 2.27. The lowest BCUT2D eigenvalue weighted by molar-refractivity contribution is -0.00903. The molecular formula is C13H25NO. The van der Waals surface area contributed by atoms with Gasteiger partial charge in [0, 0.05) is 19.1 Å². The molecule has 2 rings (SSSR count). The zero-order valence-corrected chi connectivity index (χ0v) is 10.2. The van der Waals surface area contributed by atoms with Crippen LogP contribution in [0, 0.1) is 11.8 Å². The van der Waals surface area contributed by atoms with E-state index in [2.05, 4.69) is 18.7 Å². The molecule has 2 fully saturated rings. The minimum absolute atomic E-state index is 0.0590. The van der Waals surface area contributed by atoms with Crippen molar-refractivity contribution in [1.29, 1.82) is 0 Å². The molecule has 4 atom stereocenters. The lowest BCUT2D eigenvalue weighted by Crippen LogP contribution is -2.51. The smallest absolute Gasteiger partial charge is 0.0695 e. The number of likely N-dealkylation sites (tertiary alicyclic amines) is 1. The Morgan fingerprint density at radius 1 is 1.00 bits per heavy atom. The fourth-order valence-corrected chi connectivity index (χ4v) is 3.50. The van der Waals surface area contributed by atoms with Crippen molar-refractivity contribution in [2.45, 2.75) is 58.1 Å². The highest BCUT2D eigenvalue weighted by Crippen LogP contribution is 2.29. The van der Waals surface area contributed by atoms with E-state index in [1.54, 1.807) is 0 Å². The highest BCUT2D eigenvalue weighted by Gasteiger charge is 2.32. The van der Waals surface area contributed by atoms with Crippen LogP contribution in [0.25, 0.3) is 0 Å². The van der Waals surface area contributed by atoms with Crippen molar-refractivity contribution >= 4 is 0 Å². The van der Waals surface area contributed by atoms with E-state index in [-0.39, 0.29) is 6.10 Å². The first-order valence-electron chi connectivity index (χ1n) is 6.59. The summed E-state index contributed by atoms with van der Waals surface area (Å²) in [5.74, 6) is 1.62. The predicted molar refractivity (Wildman–Crippen MR) is 62.8 cm³/mol. The molecule has 0 aromatic rings. The Morgan fingerprint density at radius 2 is 1.60 bits per heavy atom. The van der Waals surface area contributed by atoms with Gasteiger partial charge in [0.25, 0.3) is 0 Å². The Labute approximate surface area is 93.7 Å². The fourth-order valence-electron chi connectivity index (χ4n) is 3.50. The van der Waals surface area contributed by atoms with Crippen molar-refractivity contribution in [3.63, 3.8) is 0 Å². The van der Waals surface area contributed by atoms with E-state index in [0.29, 0.717) is 6.04 Å². The average molecular weight is 211 g/mol. The van der Waals surface area contributed by atoms with Crippen molar-refractivity contribution in [1.82, 2.24) is 4.90 Å². The van der Waals surface area contributed by atoms with E-state index in [9.17, 15) is 5.11 Å². The van der Waals surface area contributed by atoms with Crippen LogP contribution in [0.1, 0.15) is 46.0 Å². The van der Waals surface area contributed by atoms with Gasteiger partial charge in [-0.25, -0.2) is 0 Å². The van der Waals surface area contributed by atoms with E-state index in [0.717, 1.165) is 18.3 Å². The van der Waals surface area contributed by atoms with Gasteiger partial charge in [-0.1, -0.05) is 26.7 Å². The zero-order chi connectivity index (χ0) is 10.8. The summed E-state index contributed by atoms with van der Waals surface area (Å²) in [7, 11) is 0. The molecule has 4 unspecified atom stereocenters. The van der Waals surface area contributed by atoms with Gasteiger partial charge in [-0.2, -0.15) is 0 Å². The number of aliphatic hydroxyl groups is 1. The molecule has 1 aliphatic carbocycles. The molecule has 0 aromatic heterocycles. The summed E-state index contributed by atoms with van der Waals surface area (Å²) >= 11 is 0. The number of aliphatic hydroxyl groups excluding tert-OH is 1. The molecule has 0 bridgehead atoms. The van der Waals surface area contributed by atoms with Crippen LogP contribution < -0.4 is 0 Å². The number of piperidine rings is 1. The second kappa shape index (κ2) is 4.84. The largest absolute Gasteiger partial charge is 0.391 e. The highest BCUT2D eigenvalue weighted by atomic mass is 16.3. The lowest BCUT2D eigenvalue weighted by atomic mass is 9.86. The third kappa shape index (κ3) is 2.73. The molecule has 2 heteroatoms. The standard InChI is InChI=1S/C13H25NO/c1-10-7-11(2)9-14(8-10)12-5-3-4-6-13(12)15/h10-13,15H,3-9H2,1-2H3. The zero-order valence-electron chi connectivity index (χ0n) is 10.2. The van der Waals surface area contributed by atoms with Crippen molar-refractivity contribution < 1.29 is 5.11 Å². The van der Waals surface area contributed by atoms with Crippen LogP contribution in [-0.4, -0.2) is 35.2 Å². The van der Waals surface area contributed by atoms with Gasteiger partial charge in [0.15, 0.2) is 0 Å². The van der Waals surface area contributed by atoms with Crippen LogP contribution in [0.2, 0.25) is 0 Å². The van der Waals surface area contributed by atoms with Gasteiger partial charge < -0.3 is 5.11 Å². The van der Waals surface area contributed by atoms with Crippen LogP contribution in [0.4, 0.5) is 0 Å². The number of rotatable bonds is 1. The monoisotopic (exact) mass is 211 g/mol. The van der Waals surface area contributed by atoms with Crippen LogP contribution in [0.3, 0.4) is 0 Å². The summed E-state index contributed by atoms with van der Waals surface area (Å²) in [6.07, 6.45) is 6.05. The molecule has 88 valence electrons. The molecule has 1 saturated carbocycles. The lowest BCUT2D eigenvalue weighted by Gasteiger charge is -2.43. The van der Waals surface area contributed by atoms with Crippen LogP contribution in [0.15, 0.2) is 0 Å². The summed E-state index contributed by atoms with van der Waals surface area (Å²) in [5, 5.41) is 10.1. The first kappa shape index (κ1) is 11.4. The second-order valence-electron chi connectivity index (χ2n) is 5.82. The molecule has 0 aromatic carbocycles. The van der Waals surface area contributed by atoms with Gasteiger partial charge in [-0.15, -0.1) is 0 Å². The molecule has 0 radical (unpaired) electrons. The summed E-state index contributed by atoms with van der Waals surface area (Å²) in [5.41, 5.74) is 0. The van der Waals surface area contributed by atoms with Gasteiger partial charge in [-0.3, -0.25) is 4.90 Å². The maximum Gasteiger partial charge on any atom is 0.0695 e. The molecule has 2 nitrogen and oxygen atoms in total. The van der Waals surface area contributed by atoms with Gasteiger partial charge in [0.1, 0.15) is 0 Å². The Kier molecular flexibility index (Phi) is 3.68. The topological polar surface area (TPSA) is 23.5 Å². The first-order chi connectivity index (χ1) is 7.16. The van der Waals surface area contributed by atoms with E-state index in [1.165, 1.54) is 38.8 Å². The molecular weight excluding hydrogens is 186 g/mol. The maximum absolute atomic E-state index is 10.1. The van der Waals surface area contributed by atoms with Crippen molar-refractivity contribution in [2.24, 2.45) is 11.8 Å². The van der Waals surface area contributed by atoms with E-state index >= 15 is 0 Å². The van der Waals surface area contributed by atoms with Crippen molar-refractivity contribution in [3.05, 3.63) is 0 Å². The molecule has 1 saturated heterocycles. The molecule has 0 spiro atoms. The molecule has 1 aliphatic heterocycles. The second-order valence-corrected chi connectivity index (χ2v) is 5.82. The summed E-state index contributed by atoms with van der Waals surface area (Å²) < 4.78 is 0. The summed E-state index contributed by atoms with van der Waals surface area (Å²) in [6, 6.07) is 0.462. The summed E-state index contributed by atoms with van der Waals surface area (Å²) in [6.45, 7) is 7.09. The van der Waals surface area contributed by atoms with E-state index in [1.807, 2.05) is 0 Å². The number of nitrogens with zero attached hydrogens (tertiary/aromatic N) is 1. The van der Waals surface area contributed by atoms with Crippen molar-refractivity contribution in [3.8, 4) is 0 Å². The summed E-state index contributed by atoms with van der Waals surface area (Å²) in [4.78, 5) is 2.56. The minimum Gasteiger partial charge on any atom is -0.391 e. The Bertz CT molecular complexity index is 197. The fraction of sp³-hybridized carbons (Fsp3) is 1.00. The Balaban J connectivity index is 1.95. The average Bonchev–Trinajstić information content (AvgIpc) is 2.16. The number of hydrogen-bond donors (Lipinski definition) is 1. The normalized spacial score (nSPS) is 44.2. The van der Waals surface area contributed by atoms with Crippen LogP contribution >= 0.6 is 0 Å². The molecule has 2 aliphatic rings. The highest BCUT2D eigenvalue weighted by molar-refractivity contribution is 4.87. The van der Waals surface area contributed by atoms with Gasteiger partial charge in [0.2, 0.25) is 0 Å². The van der Waals surface area contributed by atoms with E-state index in [4.69, 9.17) is 0 Å². The Hall–Kier alpha value is -0.0800. The number of hydrogen-bond acceptors (Lipinski definition) is 2.